The van der Waals surface area contributed by atoms with E-state index in [0.29, 0.717) is 6.04 Å². The largest absolute Gasteiger partial charge is 0.328 e. The molecule has 7 heavy (non-hydrogen) atoms. The first-order valence-electron chi connectivity index (χ1n) is 2.53. The lowest BCUT2D eigenvalue weighted by Crippen LogP contribution is -2.13. The first-order chi connectivity index (χ1) is 2.77. The molecule has 0 aliphatic heterocycles. The Labute approximate surface area is 56.1 Å². The van der Waals surface area contributed by atoms with Crippen molar-refractivity contribution in [2.24, 2.45) is 5.73 Å². The summed E-state index contributed by atoms with van der Waals surface area (Å²) in [5.74, 6) is 0. The summed E-state index contributed by atoms with van der Waals surface area (Å²) in [5.41, 5.74) is 5.40. The molecule has 46 valence electrons. The highest BCUT2D eigenvalue weighted by molar-refractivity contribution is 8.93. The molecule has 0 fully saturated rings. The number of hydrogen-bond acceptors (Lipinski definition) is 1. The van der Waals surface area contributed by atoms with Gasteiger partial charge in [-0.3, -0.25) is 0 Å². The topological polar surface area (TPSA) is 26.0 Å². The highest BCUT2D eigenvalue weighted by Crippen LogP contribution is 1.88. The van der Waals surface area contributed by atoms with Crippen LogP contribution >= 0.6 is 17.0 Å². The van der Waals surface area contributed by atoms with E-state index in [1.165, 1.54) is 6.42 Å². The standard InChI is InChI=1S/C5H13N.BrH/c1-3-4-5(2)6;/h5H,3-4,6H2,1-2H3;1H. The van der Waals surface area contributed by atoms with Gasteiger partial charge in [-0.05, 0) is 13.3 Å². The smallest absolute Gasteiger partial charge is 0.00103 e. The summed E-state index contributed by atoms with van der Waals surface area (Å²) in [4.78, 5) is 0. The zero-order valence-corrected chi connectivity index (χ0v) is 6.69. The molecule has 0 bridgehead atoms. The highest BCUT2D eigenvalue weighted by atomic mass is 79.9. The lowest BCUT2D eigenvalue weighted by Gasteiger charge is -1.96. The van der Waals surface area contributed by atoms with Crippen LogP contribution in [0.25, 0.3) is 0 Å². The van der Waals surface area contributed by atoms with E-state index in [0.717, 1.165) is 6.42 Å². The second-order valence-corrected chi connectivity index (χ2v) is 1.77. The molecule has 0 spiro atoms. The molecule has 0 aliphatic rings. The summed E-state index contributed by atoms with van der Waals surface area (Å²) in [7, 11) is 0. The average molecular weight is 168 g/mol. The lowest BCUT2D eigenvalue weighted by atomic mass is 10.2. The average Bonchev–Trinajstić information content (AvgIpc) is 1.35. The van der Waals surface area contributed by atoms with E-state index in [4.69, 9.17) is 5.73 Å². The molecule has 0 saturated heterocycles. The van der Waals surface area contributed by atoms with Gasteiger partial charge < -0.3 is 5.73 Å². The van der Waals surface area contributed by atoms with E-state index < -0.39 is 0 Å². The van der Waals surface area contributed by atoms with E-state index in [1.807, 2.05) is 6.92 Å². The zero-order chi connectivity index (χ0) is 4.99. The van der Waals surface area contributed by atoms with Crippen molar-refractivity contribution in [3.8, 4) is 0 Å². The van der Waals surface area contributed by atoms with Gasteiger partial charge in [0.25, 0.3) is 0 Å². The first kappa shape index (κ1) is 10.4. The molecule has 0 heterocycles. The zero-order valence-electron chi connectivity index (χ0n) is 4.98. The van der Waals surface area contributed by atoms with Gasteiger partial charge >= 0.3 is 0 Å². The van der Waals surface area contributed by atoms with Gasteiger partial charge in [-0.25, -0.2) is 0 Å². The number of hydrogen-bond donors (Lipinski definition) is 1. The molecule has 0 rings (SSSR count). The summed E-state index contributed by atoms with van der Waals surface area (Å²) in [6.45, 7) is 4.17. The van der Waals surface area contributed by atoms with Crippen molar-refractivity contribution >= 4 is 17.0 Å². The highest BCUT2D eigenvalue weighted by Gasteiger charge is 1.85. The van der Waals surface area contributed by atoms with Crippen LogP contribution in [0.4, 0.5) is 0 Å². The Balaban J connectivity index is 0. The number of rotatable bonds is 2. The Morgan fingerprint density at radius 2 is 2.00 bits per heavy atom. The maximum Gasteiger partial charge on any atom is 0.00103 e. The Morgan fingerprint density at radius 1 is 1.57 bits per heavy atom. The van der Waals surface area contributed by atoms with Gasteiger partial charge in [0, 0.05) is 6.04 Å². The fraction of sp³-hybridized carbons (Fsp3) is 1.00. The van der Waals surface area contributed by atoms with Crippen LogP contribution in [0.2, 0.25) is 0 Å². The maximum absolute atomic E-state index is 5.40. The van der Waals surface area contributed by atoms with Crippen LogP contribution in [-0.2, 0) is 0 Å². The van der Waals surface area contributed by atoms with E-state index in [1.54, 1.807) is 0 Å². The molecular weight excluding hydrogens is 154 g/mol. The lowest BCUT2D eigenvalue weighted by molar-refractivity contribution is 0.653. The van der Waals surface area contributed by atoms with Crippen molar-refractivity contribution < 1.29 is 0 Å². The number of halogens is 1. The fourth-order valence-electron chi connectivity index (χ4n) is 0.455. The SMILES string of the molecule is Br.CCCC(C)N. The van der Waals surface area contributed by atoms with Crippen LogP contribution < -0.4 is 5.73 Å². The minimum atomic E-state index is 0. The Morgan fingerprint density at radius 3 is 2.00 bits per heavy atom. The van der Waals surface area contributed by atoms with Crippen LogP contribution in [0.1, 0.15) is 26.7 Å². The summed E-state index contributed by atoms with van der Waals surface area (Å²) in [5, 5.41) is 0. The van der Waals surface area contributed by atoms with Crippen molar-refractivity contribution in [2.75, 3.05) is 0 Å². The van der Waals surface area contributed by atoms with Crippen LogP contribution in [-0.4, -0.2) is 6.04 Å². The Bertz CT molecular complexity index is 29.3. The summed E-state index contributed by atoms with van der Waals surface area (Å²) in [6.07, 6.45) is 2.36. The monoisotopic (exact) mass is 167 g/mol. The van der Waals surface area contributed by atoms with Gasteiger partial charge in [-0.1, -0.05) is 13.3 Å². The third-order valence-corrected chi connectivity index (χ3v) is 0.744. The van der Waals surface area contributed by atoms with Crippen molar-refractivity contribution in [1.29, 1.82) is 0 Å². The molecule has 0 aromatic rings. The Kier molecular flexibility index (Phi) is 9.59. The van der Waals surface area contributed by atoms with Crippen molar-refractivity contribution in [3.63, 3.8) is 0 Å². The van der Waals surface area contributed by atoms with Crippen LogP contribution in [0.15, 0.2) is 0 Å². The van der Waals surface area contributed by atoms with Gasteiger partial charge in [0.1, 0.15) is 0 Å². The maximum atomic E-state index is 5.40. The Hall–Kier alpha value is 0.440. The van der Waals surface area contributed by atoms with Crippen LogP contribution in [0, 0.1) is 0 Å². The van der Waals surface area contributed by atoms with Crippen molar-refractivity contribution in [3.05, 3.63) is 0 Å². The van der Waals surface area contributed by atoms with Gasteiger partial charge in [-0.2, -0.15) is 0 Å². The van der Waals surface area contributed by atoms with Crippen LogP contribution in [0.5, 0.6) is 0 Å². The van der Waals surface area contributed by atoms with Crippen molar-refractivity contribution in [2.45, 2.75) is 32.7 Å². The van der Waals surface area contributed by atoms with Gasteiger partial charge in [0.15, 0.2) is 0 Å². The molecule has 0 aromatic carbocycles. The normalized spacial score (nSPS) is 12.4. The van der Waals surface area contributed by atoms with E-state index in [9.17, 15) is 0 Å². The van der Waals surface area contributed by atoms with Gasteiger partial charge in [0.05, 0.1) is 0 Å². The van der Waals surface area contributed by atoms with Gasteiger partial charge in [-0.15, -0.1) is 17.0 Å². The van der Waals surface area contributed by atoms with Gasteiger partial charge in [0.2, 0.25) is 0 Å². The third-order valence-electron chi connectivity index (χ3n) is 0.744. The van der Waals surface area contributed by atoms with E-state index in [-0.39, 0.29) is 17.0 Å². The minimum absolute atomic E-state index is 0. The molecule has 1 unspecified atom stereocenters. The predicted octanol–water partition coefficient (Wildman–Crippen LogP) is 1.71. The summed E-state index contributed by atoms with van der Waals surface area (Å²) in [6, 6.07) is 0.398. The molecule has 0 radical (unpaired) electrons. The first-order valence-corrected chi connectivity index (χ1v) is 2.53. The summed E-state index contributed by atoms with van der Waals surface area (Å²) < 4.78 is 0. The molecule has 2 heteroatoms. The minimum Gasteiger partial charge on any atom is -0.328 e. The van der Waals surface area contributed by atoms with E-state index in [2.05, 4.69) is 6.92 Å². The molecule has 1 atom stereocenters. The van der Waals surface area contributed by atoms with Crippen molar-refractivity contribution in [1.82, 2.24) is 0 Å². The molecule has 2 N–H and O–H groups in total. The number of nitrogens with two attached hydrogens (primary N) is 1. The molecular formula is C5H14BrN. The molecule has 0 amide bonds. The third kappa shape index (κ3) is 10.7. The molecule has 0 aliphatic carbocycles. The quantitative estimate of drug-likeness (QED) is 0.667. The fourth-order valence-corrected chi connectivity index (χ4v) is 0.455. The van der Waals surface area contributed by atoms with E-state index >= 15 is 0 Å². The summed E-state index contributed by atoms with van der Waals surface area (Å²) >= 11 is 0. The second kappa shape index (κ2) is 6.44. The molecule has 0 saturated carbocycles. The predicted molar refractivity (Wildman–Crippen MR) is 38.9 cm³/mol. The second-order valence-electron chi connectivity index (χ2n) is 1.77. The van der Waals surface area contributed by atoms with Crippen LogP contribution in [0.3, 0.4) is 0 Å². The molecule has 0 aromatic heterocycles. The molecule has 1 nitrogen and oxygen atoms in total.